The van der Waals surface area contributed by atoms with Crippen molar-refractivity contribution in [1.29, 1.82) is 0 Å². The molecule has 3 N–H and O–H groups in total. The van der Waals surface area contributed by atoms with Crippen LogP contribution in [-0.2, 0) is 30.0 Å². The van der Waals surface area contributed by atoms with Gasteiger partial charge in [-0.1, -0.05) is 49.7 Å². The molecule has 4 rings (SSSR count). The first-order chi connectivity index (χ1) is 20.3. The molecule has 0 aliphatic heterocycles. The van der Waals surface area contributed by atoms with E-state index in [9.17, 15) is 9.36 Å². The number of para-hydroxylation sites is 2. The zero-order chi connectivity index (χ0) is 30.1. The van der Waals surface area contributed by atoms with Gasteiger partial charge in [0.1, 0.15) is 29.7 Å². The Morgan fingerprint density at radius 3 is 2.48 bits per heavy atom. The predicted molar refractivity (Wildman–Crippen MR) is 163 cm³/mol. The summed E-state index contributed by atoms with van der Waals surface area (Å²) in [7, 11) is -3.98. The number of carbonyl (C=O) groups excluding carboxylic acids is 1. The number of nitrogens with zero attached hydrogens (tertiary/aromatic N) is 3. The Kier molecular flexibility index (Phi) is 10.9. The van der Waals surface area contributed by atoms with E-state index in [1.807, 2.05) is 37.3 Å². The monoisotopic (exact) mass is 597 g/mol. The van der Waals surface area contributed by atoms with E-state index < -0.39 is 19.8 Å². The van der Waals surface area contributed by atoms with Gasteiger partial charge in [-0.15, -0.1) is 0 Å². The Hall–Kier alpha value is -3.50. The molecule has 2 aromatic heterocycles. The average molecular weight is 598 g/mol. The van der Waals surface area contributed by atoms with Crippen LogP contribution in [0.15, 0.2) is 54.6 Å². The molecule has 0 radical (unpaired) electrons. The van der Waals surface area contributed by atoms with Gasteiger partial charge in [-0.05, 0) is 51.8 Å². The molecule has 0 bridgehead atoms. The van der Waals surface area contributed by atoms with Crippen molar-refractivity contribution in [3.05, 3.63) is 60.4 Å². The number of imidazole rings is 1. The van der Waals surface area contributed by atoms with Crippen molar-refractivity contribution in [2.24, 2.45) is 0 Å². The van der Waals surface area contributed by atoms with Crippen LogP contribution < -0.4 is 15.3 Å². The van der Waals surface area contributed by atoms with E-state index in [4.69, 9.17) is 29.2 Å². The SMILES string of the molecule is CCC[C@@H](CCO[P@@](=O)(N[C@@H](C)C(=O)OCC)Oc1ccccc1)n1c(COCC)nc2c(N)nc3ccccc3c21. The van der Waals surface area contributed by atoms with E-state index in [2.05, 4.69) is 21.6 Å². The highest BCUT2D eigenvalue weighted by atomic mass is 31.2. The van der Waals surface area contributed by atoms with Crippen LogP contribution in [0.2, 0.25) is 0 Å². The van der Waals surface area contributed by atoms with Crippen LogP contribution in [-0.4, -0.2) is 46.4 Å². The van der Waals surface area contributed by atoms with E-state index in [0.29, 0.717) is 36.7 Å². The number of anilines is 1. The third kappa shape index (κ3) is 7.46. The highest BCUT2D eigenvalue weighted by Crippen LogP contribution is 2.45. The first-order valence-corrected chi connectivity index (χ1v) is 15.9. The Labute approximate surface area is 246 Å². The summed E-state index contributed by atoms with van der Waals surface area (Å²) in [6.07, 6.45) is 2.15. The van der Waals surface area contributed by atoms with Crippen LogP contribution in [0.3, 0.4) is 0 Å². The van der Waals surface area contributed by atoms with Gasteiger partial charge in [-0.3, -0.25) is 9.32 Å². The predicted octanol–water partition coefficient (Wildman–Crippen LogP) is 6.18. The largest absolute Gasteiger partial charge is 0.465 e. The zero-order valence-corrected chi connectivity index (χ0v) is 25.5. The summed E-state index contributed by atoms with van der Waals surface area (Å²) in [5.41, 5.74) is 8.65. The van der Waals surface area contributed by atoms with Crippen molar-refractivity contribution in [2.45, 2.75) is 65.6 Å². The minimum atomic E-state index is -3.98. The quantitative estimate of drug-likeness (QED) is 0.114. The number of pyridine rings is 1. The molecule has 0 saturated carbocycles. The summed E-state index contributed by atoms with van der Waals surface area (Å²) in [5, 5.41) is 3.67. The van der Waals surface area contributed by atoms with E-state index in [-0.39, 0.29) is 19.3 Å². The van der Waals surface area contributed by atoms with Crippen LogP contribution in [0.5, 0.6) is 5.75 Å². The molecule has 12 heteroatoms. The number of nitrogens with two attached hydrogens (primary N) is 1. The number of hydrogen-bond donors (Lipinski definition) is 2. The zero-order valence-electron chi connectivity index (χ0n) is 24.6. The van der Waals surface area contributed by atoms with Crippen molar-refractivity contribution in [1.82, 2.24) is 19.6 Å². The molecule has 0 aliphatic rings. The van der Waals surface area contributed by atoms with Crippen molar-refractivity contribution in [3.63, 3.8) is 0 Å². The van der Waals surface area contributed by atoms with Crippen molar-refractivity contribution in [2.75, 3.05) is 25.6 Å². The Balaban J connectivity index is 1.66. The molecule has 42 heavy (non-hydrogen) atoms. The van der Waals surface area contributed by atoms with Gasteiger partial charge in [-0.2, -0.15) is 5.09 Å². The lowest BCUT2D eigenvalue weighted by atomic mass is 10.1. The number of aromatic nitrogens is 3. The molecule has 0 amide bonds. The van der Waals surface area contributed by atoms with E-state index in [1.165, 1.54) is 0 Å². The summed E-state index contributed by atoms with van der Waals surface area (Å²) in [5.74, 6) is 0.881. The van der Waals surface area contributed by atoms with Gasteiger partial charge >= 0.3 is 13.7 Å². The number of rotatable bonds is 16. The molecule has 0 fully saturated rings. The summed E-state index contributed by atoms with van der Waals surface area (Å²) in [6.45, 7) is 8.41. The number of fused-ring (bicyclic) bond motifs is 3. The number of carbonyl (C=O) groups is 1. The van der Waals surface area contributed by atoms with Crippen molar-refractivity contribution in [3.8, 4) is 5.75 Å². The van der Waals surface area contributed by atoms with E-state index in [0.717, 1.165) is 35.1 Å². The van der Waals surface area contributed by atoms with Crippen LogP contribution in [0.4, 0.5) is 5.82 Å². The Morgan fingerprint density at radius 2 is 1.76 bits per heavy atom. The topological polar surface area (TPSA) is 140 Å². The van der Waals surface area contributed by atoms with Crippen molar-refractivity contribution < 1.29 is 27.9 Å². The maximum atomic E-state index is 13.9. The van der Waals surface area contributed by atoms with Gasteiger partial charge in [0.25, 0.3) is 0 Å². The normalized spacial score (nSPS) is 14.5. The second-order valence-electron chi connectivity index (χ2n) is 9.82. The lowest BCUT2D eigenvalue weighted by Crippen LogP contribution is -2.35. The second kappa shape index (κ2) is 14.6. The number of nitrogen functional groups attached to an aromatic ring is 1. The summed E-state index contributed by atoms with van der Waals surface area (Å²) in [4.78, 5) is 21.8. The molecule has 3 atom stereocenters. The fourth-order valence-corrected chi connectivity index (χ4v) is 6.37. The fraction of sp³-hybridized carbons (Fsp3) is 0.433. The number of ether oxygens (including phenoxy) is 2. The molecular weight excluding hydrogens is 557 g/mol. The lowest BCUT2D eigenvalue weighted by Gasteiger charge is -2.25. The van der Waals surface area contributed by atoms with Crippen LogP contribution in [0, 0.1) is 0 Å². The van der Waals surface area contributed by atoms with Crippen LogP contribution in [0.25, 0.3) is 21.9 Å². The van der Waals surface area contributed by atoms with Gasteiger partial charge in [0.05, 0.1) is 24.2 Å². The smallest absolute Gasteiger partial charge is 0.459 e. The third-order valence-corrected chi connectivity index (χ3v) is 8.40. The summed E-state index contributed by atoms with van der Waals surface area (Å²) >= 11 is 0. The summed E-state index contributed by atoms with van der Waals surface area (Å²) in [6, 6.07) is 15.5. The van der Waals surface area contributed by atoms with E-state index >= 15 is 0 Å². The first kappa shape index (κ1) is 31.4. The van der Waals surface area contributed by atoms with Crippen molar-refractivity contribution >= 4 is 41.5 Å². The van der Waals surface area contributed by atoms with Crippen LogP contribution >= 0.6 is 7.75 Å². The average Bonchev–Trinajstić information content (AvgIpc) is 3.36. The minimum Gasteiger partial charge on any atom is -0.465 e. The third-order valence-electron chi connectivity index (χ3n) is 6.72. The molecular formula is C30H40N5O6P. The molecule has 0 spiro atoms. The molecule has 4 aromatic rings. The minimum absolute atomic E-state index is 0.0730. The van der Waals surface area contributed by atoms with Gasteiger partial charge in [0, 0.05) is 18.0 Å². The van der Waals surface area contributed by atoms with E-state index in [1.54, 1.807) is 38.1 Å². The highest BCUT2D eigenvalue weighted by molar-refractivity contribution is 7.52. The fourth-order valence-electron chi connectivity index (χ4n) is 4.87. The van der Waals surface area contributed by atoms with Gasteiger partial charge in [-0.25, -0.2) is 14.5 Å². The highest BCUT2D eigenvalue weighted by Gasteiger charge is 2.33. The Bertz CT molecular complexity index is 1530. The Morgan fingerprint density at radius 1 is 1.02 bits per heavy atom. The molecule has 226 valence electrons. The molecule has 11 nitrogen and oxygen atoms in total. The second-order valence-corrected chi connectivity index (χ2v) is 11.5. The molecule has 0 aliphatic carbocycles. The van der Waals surface area contributed by atoms with Gasteiger partial charge < -0.3 is 24.3 Å². The maximum absolute atomic E-state index is 13.9. The number of esters is 1. The number of hydrogen-bond acceptors (Lipinski definition) is 9. The molecule has 0 saturated heterocycles. The molecule has 2 heterocycles. The molecule has 0 unspecified atom stereocenters. The van der Waals surface area contributed by atoms with Crippen LogP contribution in [0.1, 0.15) is 58.8 Å². The van der Waals surface area contributed by atoms with Gasteiger partial charge in [0.15, 0.2) is 5.82 Å². The first-order valence-electron chi connectivity index (χ1n) is 14.4. The molecule has 2 aromatic carbocycles. The number of nitrogens with one attached hydrogen (secondary N) is 1. The number of benzene rings is 2. The van der Waals surface area contributed by atoms with Gasteiger partial charge in [0.2, 0.25) is 0 Å². The summed E-state index contributed by atoms with van der Waals surface area (Å²) < 4.78 is 38.7. The lowest BCUT2D eigenvalue weighted by molar-refractivity contribution is -0.144. The maximum Gasteiger partial charge on any atom is 0.459 e. The standard InChI is InChI=1S/C30H40N5O6P/c1-5-13-22(18-19-40-42(37,34-21(4)30(36)39-7-3)41-23-14-9-8-10-15-23)35-26(20-38-6-2)33-27-28(35)24-16-11-12-17-25(24)32-29(27)31/h8-12,14-17,21-22H,5-7,13,18-20H2,1-4H3,(H2,31,32)(H,34,37)/t21-,22-,42-/m0/s1.